The molecule has 0 bridgehead atoms. The zero-order valence-corrected chi connectivity index (χ0v) is 12.5. The average Bonchev–Trinajstić information content (AvgIpc) is 2.48. The van der Waals surface area contributed by atoms with Crippen LogP contribution in [-0.4, -0.2) is 17.3 Å². The van der Waals surface area contributed by atoms with Crippen LogP contribution in [0, 0.1) is 18.3 Å². The second-order valence-electron chi connectivity index (χ2n) is 4.45. The molecule has 0 aliphatic heterocycles. The van der Waals surface area contributed by atoms with Gasteiger partial charge in [-0.25, -0.2) is 4.79 Å². The summed E-state index contributed by atoms with van der Waals surface area (Å²) in [5, 5.41) is 21.6. The maximum Gasteiger partial charge on any atom is 0.336 e. The zero-order valence-electron chi connectivity index (χ0n) is 11.7. The van der Waals surface area contributed by atoms with E-state index in [2.05, 4.69) is 11.4 Å². The summed E-state index contributed by atoms with van der Waals surface area (Å²) in [7, 11) is 0. The molecule has 0 amide bonds. The van der Waals surface area contributed by atoms with Crippen LogP contribution >= 0.6 is 11.8 Å². The lowest BCUT2D eigenvalue weighted by Gasteiger charge is -2.12. The quantitative estimate of drug-likeness (QED) is 0.834. The number of nitriles is 1. The fourth-order valence-electron chi connectivity index (χ4n) is 2.01. The van der Waals surface area contributed by atoms with Crippen molar-refractivity contribution in [1.29, 1.82) is 5.26 Å². The summed E-state index contributed by atoms with van der Waals surface area (Å²) >= 11 is 1.50. The van der Waals surface area contributed by atoms with Crippen LogP contribution in [0.5, 0.6) is 0 Å². The summed E-state index contributed by atoms with van der Waals surface area (Å²) in [6.45, 7) is 1.75. The number of aryl methyl sites for hydroxylation is 1. The van der Waals surface area contributed by atoms with E-state index in [-0.39, 0.29) is 5.56 Å². The minimum absolute atomic E-state index is 0.250. The monoisotopic (exact) mass is 298 g/mol. The van der Waals surface area contributed by atoms with E-state index in [1.54, 1.807) is 31.2 Å². The van der Waals surface area contributed by atoms with Gasteiger partial charge in [-0.3, -0.25) is 0 Å². The van der Waals surface area contributed by atoms with E-state index in [9.17, 15) is 10.1 Å². The Bertz CT molecular complexity index is 736. The summed E-state index contributed by atoms with van der Waals surface area (Å²) < 4.78 is 0. The lowest BCUT2D eigenvalue weighted by molar-refractivity contribution is 0.0696. The van der Waals surface area contributed by atoms with Crippen LogP contribution in [0.1, 0.15) is 21.5 Å². The number of carboxylic acids is 1. The van der Waals surface area contributed by atoms with Crippen molar-refractivity contribution in [2.24, 2.45) is 0 Å². The lowest BCUT2D eigenvalue weighted by Crippen LogP contribution is -2.02. The number of hydrogen-bond acceptors (Lipinski definition) is 4. The number of anilines is 2. The third kappa shape index (κ3) is 3.18. The first-order valence-corrected chi connectivity index (χ1v) is 7.47. The van der Waals surface area contributed by atoms with E-state index < -0.39 is 5.97 Å². The van der Waals surface area contributed by atoms with Crippen molar-refractivity contribution < 1.29 is 9.90 Å². The fraction of sp³-hybridized carbons (Fsp3) is 0.125. The van der Waals surface area contributed by atoms with E-state index in [0.29, 0.717) is 22.5 Å². The fourth-order valence-corrected chi connectivity index (χ4v) is 2.58. The predicted octanol–water partition coefficient (Wildman–Crippen LogP) is 4.03. The minimum Gasteiger partial charge on any atom is -0.478 e. The molecule has 0 spiro atoms. The molecule has 0 aliphatic carbocycles. The summed E-state index contributed by atoms with van der Waals surface area (Å²) in [5.41, 5.74) is 2.82. The lowest BCUT2D eigenvalue weighted by atomic mass is 10.1. The molecule has 0 fully saturated rings. The van der Waals surface area contributed by atoms with Crippen molar-refractivity contribution in [3.05, 3.63) is 53.1 Å². The Balaban J connectivity index is 2.42. The average molecular weight is 298 g/mol. The Morgan fingerprint density at radius 2 is 2.10 bits per heavy atom. The predicted molar refractivity (Wildman–Crippen MR) is 84.4 cm³/mol. The summed E-state index contributed by atoms with van der Waals surface area (Å²) in [6.07, 6.45) is 1.91. The molecule has 0 unspecified atom stereocenters. The molecule has 2 aromatic rings. The van der Waals surface area contributed by atoms with Gasteiger partial charge in [0.1, 0.15) is 6.07 Å². The molecule has 0 aliphatic rings. The van der Waals surface area contributed by atoms with E-state index in [1.165, 1.54) is 11.8 Å². The molecule has 0 atom stereocenters. The Kier molecular flexibility index (Phi) is 4.51. The summed E-state index contributed by atoms with van der Waals surface area (Å²) in [6, 6.07) is 12.9. The first-order valence-electron chi connectivity index (χ1n) is 6.25. The van der Waals surface area contributed by atoms with Crippen LogP contribution in [0.15, 0.2) is 41.3 Å². The van der Waals surface area contributed by atoms with Crippen molar-refractivity contribution >= 4 is 29.1 Å². The van der Waals surface area contributed by atoms with E-state index in [0.717, 1.165) is 4.90 Å². The number of hydrogen-bond donors (Lipinski definition) is 2. The van der Waals surface area contributed by atoms with Crippen molar-refractivity contribution in [1.82, 2.24) is 0 Å². The van der Waals surface area contributed by atoms with Crippen LogP contribution < -0.4 is 5.32 Å². The van der Waals surface area contributed by atoms with Gasteiger partial charge in [0, 0.05) is 10.6 Å². The molecule has 2 rings (SSSR count). The van der Waals surface area contributed by atoms with Crippen molar-refractivity contribution in [3.8, 4) is 6.07 Å². The number of benzene rings is 2. The van der Waals surface area contributed by atoms with E-state index in [1.807, 2.05) is 18.4 Å². The van der Waals surface area contributed by atoms with Gasteiger partial charge in [0.15, 0.2) is 0 Å². The number of carboxylic acid groups (broad SMARTS) is 1. The van der Waals surface area contributed by atoms with Gasteiger partial charge in [0.05, 0.1) is 16.8 Å². The Labute approximate surface area is 127 Å². The highest BCUT2D eigenvalue weighted by atomic mass is 32.2. The third-order valence-electron chi connectivity index (χ3n) is 3.10. The Morgan fingerprint density at radius 3 is 2.71 bits per heavy atom. The number of carbonyl (C=O) groups is 1. The van der Waals surface area contributed by atoms with Crippen LogP contribution in [0.4, 0.5) is 11.4 Å². The smallest absolute Gasteiger partial charge is 0.336 e. The molecule has 0 radical (unpaired) electrons. The highest BCUT2D eigenvalue weighted by Gasteiger charge is 2.10. The second-order valence-corrected chi connectivity index (χ2v) is 5.30. The van der Waals surface area contributed by atoms with Crippen molar-refractivity contribution in [3.63, 3.8) is 0 Å². The molecule has 21 heavy (non-hydrogen) atoms. The normalized spacial score (nSPS) is 9.95. The van der Waals surface area contributed by atoms with Gasteiger partial charge in [-0.15, -0.1) is 11.8 Å². The Morgan fingerprint density at radius 1 is 1.33 bits per heavy atom. The third-order valence-corrected chi connectivity index (χ3v) is 3.88. The summed E-state index contributed by atoms with van der Waals surface area (Å²) in [5.74, 6) is -0.963. The van der Waals surface area contributed by atoms with Crippen LogP contribution in [0.3, 0.4) is 0 Å². The van der Waals surface area contributed by atoms with E-state index >= 15 is 0 Å². The molecule has 2 N–H and O–H groups in total. The van der Waals surface area contributed by atoms with Gasteiger partial charge in [-0.05, 0) is 43.0 Å². The van der Waals surface area contributed by atoms with Crippen molar-refractivity contribution in [2.45, 2.75) is 11.8 Å². The maximum atomic E-state index is 11.2. The van der Waals surface area contributed by atoms with Crippen LogP contribution in [0.2, 0.25) is 0 Å². The van der Waals surface area contributed by atoms with Gasteiger partial charge >= 0.3 is 5.97 Å². The SMILES string of the molecule is CSc1cccc(Nc2ccc(C)c(C(=O)O)c2)c1C#N. The van der Waals surface area contributed by atoms with Crippen LogP contribution in [0.25, 0.3) is 0 Å². The zero-order chi connectivity index (χ0) is 15.4. The topological polar surface area (TPSA) is 73.1 Å². The molecular formula is C16H14N2O2S. The highest BCUT2D eigenvalue weighted by Crippen LogP contribution is 2.29. The van der Waals surface area contributed by atoms with Crippen molar-refractivity contribution in [2.75, 3.05) is 11.6 Å². The van der Waals surface area contributed by atoms with Crippen LogP contribution in [-0.2, 0) is 0 Å². The number of rotatable bonds is 4. The van der Waals surface area contributed by atoms with Gasteiger partial charge in [-0.2, -0.15) is 5.26 Å². The Hall–Kier alpha value is -2.45. The standard InChI is InChI=1S/C16H14N2O2S/c1-10-6-7-11(8-12(10)16(19)20)18-14-4-3-5-15(21-2)13(14)9-17/h3-8,18H,1-2H3,(H,19,20). The number of nitrogens with zero attached hydrogens (tertiary/aromatic N) is 1. The van der Waals surface area contributed by atoms with Gasteiger partial charge in [-0.1, -0.05) is 12.1 Å². The molecular weight excluding hydrogens is 284 g/mol. The number of nitrogens with one attached hydrogen (secondary N) is 1. The van der Waals surface area contributed by atoms with Gasteiger partial charge in [0.2, 0.25) is 0 Å². The van der Waals surface area contributed by atoms with Gasteiger partial charge < -0.3 is 10.4 Å². The molecule has 106 valence electrons. The molecule has 0 saturated carbocycles. The summed E-state index contributed by atoms with van der Waals surface area (Å²) in [4.78, 5) is 12.0. The van der Waals surface area contributed by atoms with E-state index in [4.69, 9.17) is 5.11 Å². The largest absolute Gasteiger partial charge is 0.478 e. The maximum absolute atomic E-state index is 11.2. The highest BCUT2D eigenvalue weighted by molar-refractivity contribution is 7.98. The molecule has 0 heterocycles. The number of thioether (sulfide) groups is 1. The molecule has 5 heteroatoms. The number of aromatic carboxylic acids is 1. The minimum atomic E-state index is -0.963. The first kappa shape index (κ1) is 14.9. The first-order chi connectivity index (χ1) is 10.1. The molecule has 0 saturated heterocycles. The molecule has 2 aromatic carbocycles. The second kappa shape index (κ2) is 6.33. The molecule has 4 nitrogen and oxygen atoms in total. The molecule has 0 aromatic heterocycles. The van der Waals surface area contributed by atoms with Gasteiger partial charge in [0.25, 0.3) is 0 Å².